The summed E-state index contributed by atoms with van der Waals surface area (Å²) in [5, 5.41) is 9.68. The van der Waals surface area contributed by atoms with Gasteiger partial charge in [-0.1, -0.05) is 0 Å². The van der Waals surface area contributed by atoms with E-state index in [0.29, 0.717) is 28.1 Å². The third-order valence-corrected chi connectivity index (χ3v) is 4.54. The number of rotatable bonds is 5. The lowest BCUT2D eigenvalue weighted by atomic mass is 10.2. The number of halogens is 1. The minimum atomic E-state index is -0.963. The molecule has 0 saturated carbocycles. The first-order chi connectivity index (χ1) is 11.5. The number of carboxylic acids is 1. The number of aromatic nitrogens is 1. The molecule has 24 heavy (non-hydrogen) atoms. The monoisotopic (exact) mass is 345 g/mol. The largest absolute Gasteiger partial charge is 0.480 e. The summed E-state index contributed by atoms with van der Waals surface area (Å²) in [4.78, 5) is 12.2. The number of fused-ring (bicyclic) bond motifs is 1. The summed E-state index contributed by atoms with van der Waals surface area (Å²) in [5.41, 5.74) is 1.28. The Kier molecular flexibility index (Phi) is 4.49. The summed E-state index contributed by atoms with van der Waals surface area (Å²) in [7, 11) is 0. The van der Waals surface area contributed by atoms with Crippen LogP contribution in [-0.4, -0.2) is 21.9 Å². The fraction of sp³-hybridized carbons (Fsp3) is 0.167. The van der Waals surface area contributed by atoms with E-state index in [9.17, 15) is 9.18 Å². The van der Waals surface area contributed by atoms with Crippen LogP contribution < -0.4 is 4.74 Å². The number of benzene rings is 2. The van der Waals surface area contributed by atoms with Crippen molar-refractivity contribution in [1.82, 2.24) is 4.57 Å². The molecule has 0 atom stereocenters. The van der Waals surface area contributed by atoms with Crippen molar-refractivity contribution in [3.63, 3.8) is 0 Å². The maximum Gasteiger partial charge on any atom is 0.323 e. The van der Waals surface area contributed by atoms with Gasteiger partial charge in [-0.25, -0.2) is 4.39 Å². The Morgan fingerprint density at radius 2 is 1.96 bits per heavy atom. The molecule has 6 heteroatoms. The van der Waals surface area contributed by atoms with Crippen LogP contribution >= 0.6 is 11.8 Å². The van der Waals surface area contributed by atoms with E-state index < -0.39 is 11.8 Å². The lowest BCUT2D eigenvalue weighted by molar-refractivity contribution is -0.137. The van der Waals surface area contributed by atoms with Gasteiger partial charge in [0.05, 0.1) is 11.2 Å². The van der Waals surface area contributed by atoms with Crippen LogP contribution in [0.2, 0.25) is 0 Å². The third kappa shape index (κ3) is 3.10. The number of hydrogen-bond acceptors (Lipinski definition) is 3. The summed E-state index contributed by atoms with van der Waals surface area (Å²) in [6.45, 7) is 1.56. The second-order valence-electron chi connectivity index (χ2n) is 5.33. The highest BCUT2D eigenvalue weighted by molar-refractivity contribution is 7.98. The zero-order valence-corrected chi connectivity index (χ0v) is 14.1. The number of aliphatic carboxylic acids is 1. The summed E-state index contributed by atoms with van der Waals surface area (Å²) in [6, 6.07) is 11.8. The average molecular weight is 345 g/mol. The Balaban J connectivity index is 2.09. The van der Waals surface area contributed by atoms with Crippen molar-refractivity contribution in [2.45, 2.75) is 18.4 Å². The van der Waals surface area contributed by atoms with Crippen molar-refractivity contribution in [3.8, 4) is 11.5 Å². The third-order valence-electron chi connectivity index (χ3n) is 3.80. The van der Waals surface area contributed by atoms with E-state index in [1.165, 1.54) is 12.1 Å². The molecule has 1 heterocycles. The van der Waals surface area contributed by atoms with E-state index in [-0.39, 0.29) is 6.54 Å². The van der Waals surface area contributed by atoms with Crippen LogP contribution in [0.3, 0.4) is 0 Å². The molecule has 0 aliphatic rings. The van der Waals surface area contributed by atoms with Gasteiger partial charge in [-0.2, -0.15) is 0 Å². The van der Waals surface area contributed by atoms with Gasteiger partial charge in [-0.05, 0) is 55.6 Å². The van der Waals surface area contributed by atoms with Crippen molar-refractivity contribution in [2.24, 2.45) is 0 Å². The Labute approximate surface area is 142 Å². The first-order valence-corrected chi connectivity index (χ1v) is 8.54. The fourth-order valence-electron chi connectivity index (χ4n) is 2.65. The normalized spacial score (nSPS) is 11.0. The molecule has 4 nitrogen and oxygen atoms in total. The molecule has 3 aromatic rings. The van der Waals surface area contributed by atoms with Gasteiger partial charge in [0.2, 0.25) is 0 Å². The molecule has 0 amide bonds. The first-order valence-electron chi connectivity index (χ1n) is 7.31. The van der Waals surface area contributed by atoms with Crippen molar-refractivity contribution >= 4 is 28.6 Å². The second kappa shape index (κ2) is 6.57. The number of carbonyl (C=O) groups is 1. The minimum absolute atomic E-state index is 0.206. The van der Waals surface area contributed by atoms with Crippen LogP contribution in [0.25, 0.3) is 10.9 Å². The molecular weight excluding hydrogens is 329 g/mol. The number of nitrogens with zero attached hydrogens (tertiary/aromatic N) is 1. The SMILES string of the molecule is CSc1ccc(Oc2c(C)n(CC(=O)O)c3ccc(F)cc23)cc1. The Bertz CT molecular complexity index is 903. The first kappa shape index (κ1) is 16.4. The van der Waals surface area contributed by atoms with Gasteiger partial charge in [0, 0.05) is 10.3 Å². The van der Waals surface area contributed by atoms with E-state index in [1.54, 1.807) is 29.3 Å². The highest BCUT2D eigenvalue weighted by Gasteiger charge is 2.18. The van der Waals surface area contributed by atoms with Crippen LogP contribution in [0.4, 0.5) is 4.39 Å². The molecule has 0 bridgehead atoms. The van der Waals surface area contributed by atoms with Crippen molar-refractivity contribution < 1.29 is 19.0 Å². The number of hydrogen-bond donors (Lipinski definition) is 1. The number of carboxylic acid groups (broad SMARTS) is 1. The molecule has 0 aliphatic carbocycles. The quantitative estimate of drug-likeness (QED) is 0.682. The number of ether oxygens (including phenoxy) is 1. The molecular formula is C18H16FNO3S. The van der Waals surface area contributed by atoms with Gasteiger partial charge in [-0.15, -0.1) is 11.8 Å². The molecule has 0 aliphatic heterocycles. The highest BCUT2D eigenvalue weighted by atomic mass is 32.2. The van der Waals surface area contributed by atoms with Crippen LogP contribution in [0.1, 0.15) is 5.69 Å². The molecule has 0 spiro atoms. The average Bonchev–Trinajstić information content (AvgIpc) is 2.80. The molecule has 0 fully saturated rings. The molecule has 0 saturated heterocycles. The van der Waals surface area contributed by atoms with E-state index in [2.05, 4.69) is 0 Å². The summed E-state index contributed by atoms with van der Waals surface area (Å²) in [6.07, 6.45) is 1.99. The van der Waals surface area contributed by atoms with Crippen LogP contribution in [0, 0.1) is 12.7 Å². The Morgan fingerprint density at radius 3 is 2.58 bits per heavy atom. The van der Waals surface area contributed by atoms with Gasteiger partial charge in [0.15, 0.2) is 5.75 Å². The topological polar surface area (TPSA) is 51.5 Å². The standard InChI is InChI=1S/C18H16FNO3S/c1-11-18(23-13-4-6-14(24-2)7-5-13)15-9-12(19)3-8-16(15)20(11)10-17(21)22/h3-9H,10H2,1-2H3,(H,21,22). The summed E-state index contributed by atoms with van der Waals surface area (Å²) < 4.78 is 21.2. The van der Waals surface area contributed by atoms with Crippen LogP contribution in [-0.2, 0) is 11.3 Å². The van der Waals surface area contributed by atoms with Crippen molar-refractivity contribution in [2.75, 3.05) is 6.26 Å². The second-order valence-corrected chi connectivity index (χ2v) is 6.21. The molecule has 0 unspecified atom stereocenters. The van der Waals surface area contributed by atoms with Crippen LogP contribution in [0.5, 0.6) is 11.5 Å². The fourth-order valence-corrected chi connectivity index (χ4v) is 3.06. The summed E-state index contributed by atoms with van der Waals surface area (Å²) >= 11 is 1.63. The van der Waals surface area contributed by atoms with Gasteiger partial charge >= 0.3 is 5.97 Å². The molecule has 3 rings (SSSR count). The molecule has 124 valence electrons. The molecule has 2 aromatic carbocycles. The van der Waals surface area contributed by atoms with Gasteiger partial charge in [0.25, 0.3) is 0 Å². The Morgan fingerprint density at radius 1 is 1.25 bits per heavy atom. The highest BCUT2D eigenvalue weighted by Crippen LogP contribution is 2.36. The lowest BCUT2D eigenvalue weighted by Gasteiger charge is -2.08. The van der Waals surface area contributed by atoms with Crippen LogP contribution in [0.15, 0.2) is 47.4 Å². The predicted octanol–water partition coefficient (Wildman–Crippen LogP) is 4.69. The zero-order valence-electron chi connectivity index (χ0n) is 13.2. The minimum Gasteiger partial charge on any atom is -0.480 e. The van der Waals surface area contributed by atoms with Gasteiger partial charge in [-0.3, -0.25) is 4.79 Å². The van der Waals surface area contributed by atoms with E-state index in [0.717, 1.165) is 4.90 Å². The van der Waals surface area contributed by atoms with Gasteiger partial charge in [0.1, 0.15) is 18.1 Å². The maximum atomic E-state index is 13.7. The van der Waals surface area contributed by atoms with E-state index in [1.807, 2.05) is 30.5 Å². The predicted molar refractivity (Wildman–Crippen MR) is 92.6 cm³/mol. The van der Waals surface area contributed by atoms with E-state index >= 15 is 0 Å². The number of thioether (sulfide) groups is 1. The summed E-state index contributed by atoms with van der Waals surface area (Å²) in [5.74, 6) is -0.259. The van der Waals surface area contributed by atoms with Crippen molar-refractivity contribution in [1.29, 1.82) is 0 Å². The molecule has 0 radical (unpaired) electrons. The van der Waals surface area contributed by atoms with Gasteiger partial charge < -0.3 is 14.4 Å². The zero-order chi connectivity index (χ0) is 17.3. The van der Waals surface area contributed by atoms with Crippen molar-refractivity contribution in [3.05, 3.63) is 54.0 Å². The smallest absolute Gasteiger partial charge is 0.323 e. The maximum absolute atomic E-state index is 13.7. The Hall–Kier alpha value is -2.47. The molecule has 1 N–H and O–H groups in total. The molecule has 1 aromatic heterocycles. The van der Waals surface area contributed by atoms with E-state index in [4.69, 9.17) is 9.84 Å². The lowest BCUT2D eigenvalue weighted by Crippen LogP contribution is -2.09.